The van der Waals surface area contributed by atoms with Crippen molar-refractivity contribution in [3.8, 4) is 0 Å². The first kappa shape index (κ1) is 19.8. The summed E-state index contributed by atoms with van der Waals surface area (Å²) in [6, 6.07) is 12.9. The summed E-state index contributed by atoms with van der Waals surface area (Å²) in [5.41, 5.74) is 3.90. The fourth-order valence-electron chi connectivity index (χ4n) is 3.29. The molecule has 0 radical (unpaired) electrons. The molecule has 7 nitrogen and oxygen atoms in total. The Labute approximate surface area is 175 Å². The van der Waals surface area contributed by atoms with Crippen LogP contribution in [0.4, 0.5) is 11.4 Å². The molecule has 1 aliphatic heterocycles. The largest absolute Gasteiger partial charge is 0.349 e. The van der Waals surface area contributed by atoms with Crippen LogP contribution in [0.2, 0.25) is 0 Å². The van der Waals surface area contributed by atoms with Gasteiger partial charge in [-0.15, -0.1) is 0 Å². The molecular formula is C23H24N4O3. The maximum absolute atomic E-state index is 12.8. The van der Waals surface area contributed by atoms with E-state index in [4.69, 9.17) is 0 Å². The van der Waals surface area contributed by atoms with Crippen molar-refractivity contribution in [1.29, 1.82) is 0 Å². The number of nitrogens with one attached hydrogen (secondary N) is 2. The molecule has 4 rings (SSSR count). The third kappa shape index (κ3) is 4.40. The van der Waals surface area contributed by atoms with Gasteiger partial charge in [0.2, 0.25) is 5.91 Å². The maximum Gasteiger partial charge on any atom is 0.271 e. The first-order chi connectivity index (χ1) is 14.4. The zero-order valence-corrected chi connectivity index (χ0v) is 17.1. The molecule has 1 heterocycles. The fraction of sp³-hybridized carbons (Fsp3) is 0.304. The second-order valence-electron chi connectivity index (χ2n) is 7.82. The van der Waals surface area contributed by atoms with Gasteiger partial charge in [-0.25, -0.2) is 5.01 Å². The van der Waals surface area contributed by atoms with Crippen LogP contribution in [0.3, 0.4) is 0 Å². The SMILES string of the molecule is Cc1ccc(C)c(N2N=C(C(=O)Nc3cccc(C(=O)NC4CC4)c3)CCC2=O)c1. The van der Waals surface area contributed by atoms with Crippen molar-refractivity contribution in [2.75, 3.05) is 10.3 Å². The topological polar surface area (TPSA) is 90.9 Å². The summed E-state index contributed by atoms with van der Waals surface area (Å²) in [6.07, 6.45) is 2.51. The number of carbonyl (C=O) groups excluding carboxylic acids is 3. The Morgan fingerprint density at radius 2 is 1.83 bits per heavy atom. The van der Waals surface area contributed by atoms with Crippen LogP contribution < -0.4 is 15.6 Å². The predicted octanol–water partition coefficient (Wildman–Crippen LogP) is 3.32. The lowest BCUT2D eigenvalue weighted by Crippen LogP contribution is -2.36. The monoisotopic (exact) mass is 404 g/mol. The second kappa shape index (κ2) is 8.10. The van der Waals surface area contributed by atoms with Gasteiger partial charge in [0.25, 0.3) is 11.8 Å². The summed E-state index contributed by atoms with van der Waals surface area (Å²) in [5, 5.41) is 11.4. The molecule has 0 bridgehead atoms. The molecule has 1 aliphatic carbocycles. The fourth-order valence-corrected chi connectivity index (χ4v) is 3.29. The molecule has 1 fully saturated rings. The predicted molar refractivity (Wildman–Crippen MR) is 116 cm³/mol. The Morgan fingerprint density at radius 3 is 2.60 bits per heavy atom. The minimum Gasteiger partial charge on any atom is -0.349 e. The van der Waals surface area contributed by atoms with E-state index in [1.54, 1.807) is 24.3 Å². The summed E-state index contributed by atoms with van der Waals surface area (Å²) in [5.74, 6) is -0.660. The van der Waals surface area contributed by atoms with Gasteiger partial charge in [-0.3, -0.25) is 14.4 Å². The van der Waals surface area contributed by atoms with Crippen LogP contribution in [0.1, 0.15) is 47.2 Å². The van der Waals surface area contributed by atoms with Crippen molar-refractivity contribution in [2.24, 2.45) is 5.10 Å². The highest BCUT2D eigenvalue weighted by molar-refractivity contribution is 6.44. The summed E-state index contributed by atoms with van der Waals surface area (Å²) < 4.78 is 0. The zero-order valence-electron chi connectivity index (χ0n) is 17.1. The van der Waals surface area contributed by atoms with E-state index in [1.807, 2.05) is 32.0 Å². The van der Waals surface area contributed by atoms with Gasteiger partial charge >= 0.3 is 0 Å². The minimum absolute atomic E-state index is 0.140. The standard InChI is InChI=1S/C23H24N4O3/c1-14-6-7-15(2)20(12-14)27-21(28)11-10-19(26-27)23(30)25-18-5-3-4-16(13-18)22(29)24-17-8-9-17/h3-7,12-13,17H,8-11H2,1-2H3,(H,24,29)(H,25,30). The smallest absolute Gasteiger partial charge is 0.271 e. The number of hydrogen-bond donors (Lipinski definition) is 2. The van der Waals surface area contributed by atoms with E-state index in [2.05, 4.69) is 15.7 Å². The molecule has 1 saturated carbocycles. The van der Waals surface area contributed by atoms with Gasteiger partial charge in [-0.2, -0.15) is 5.10 Å². The molecule has 2 aromatic rings. The summed E-state index contributed by atoms with van der Waals surface area (Å²) in [6.45, 7) is 3.85. The Hall–Kier alpha value is -3.48. The molecule has 0 saturated heterocycles. The van der Waals surface area contributed by atoms with Crippen LogP contribution in [0.5, 0.6) is 0 Å². The van der Waals surface area contributed by atoms with E-state index in [1.165, 1.54) is 5.01 Å². The molecule has 0 atom stereocenters. The van der Waals surface area contributed by atoms with Crippen molar-refractivity contribution in [3.05, 3.63) is 59.2 Å². The lowest BCUT2D eigenvalue weighted by molar-refractivity contribution is -0.118. The lowest BCUT2D eigenvalue weighted by Gasteiger charge is -2.24. The molecule has 30 heavy (non-hydrogen) atoms. The molecule has 3 amide bonds. The molecule has 2 aromatic carbocycles. The highest BCUT2D eigenvalue weighted by Gasteiger charge is 2.27. The van der Waals surface area contributed by atoms with E-state index >= 15 is 0 Å². The number of anilines is 2. The first-order valence-corrected chi connectivity index (χ1v) is 10.1. The highest BCUT2D eigenvalue weighted by atomic mass is 16.2. The number of benzene rings is 2. The van der Waals surface area contributed by atoms with E-state index in [0.717, 1.165) is 24.0 Å². The van der Waals surface area contributed by atoms with E-state index in [-0.39, 0.29) is 42.3 Å². The molecule has 2 N–H and O–H groups in total. The average molecular weight is 404 g/mol. The van der Waals surface area contributed by atoms with Crippen LogP contribution in [-0.2, 0) is 9.59 Å². The molecule has 7 heteroatoms. The van der Waals surface area contributed by atoms with E-state index in [9.17, 15) is 14.4 Å². The Balaban J connectivity index is 1.52. The Kier molecular flexibility index (Phi) is 5.35. The lowest BCUT2D eigenvalue weighted by atomic mass is 10.1. The van der Waals surface area contributed by atoms with Gasteiger partial charge in [0, 0.05) is 30.1 Å². The van der Waals surface area contributed by atoms with Gasteiger partial charge in [0.1, 0.15) is 5.71 Å². The molecule has 0 spiro atoms. The quantitative estimate of drug-likeness (QED) is 0.801. The van der Waals surface area contributed by atoms with Crippen LogP contribution in [0, 0.1) is 13.8 Å². The highest BCUT2D eigenvalue weighted by Crippen LogP contribution is 2.26. The molecule has 154 valence electrons. The van der Waals surface area contributed by atoms with Gasteiger partial charge in [0.05, 0.1) is 5.69 Å². The minimum atomic E-state index is -0.377. The van der Waals surface area contributed by atoms with Gasteiger partial charge in [-0.1, -0.05) is 18.2 Å². The van der Waals surface area contributed by atoms with Crippen LogP contribution in [0.15, 0.2) is 47.6 Å². The zero-order chi connectivity index (χ0) is 21.3. The van der Waals surface area contributed by atoms with Crippen LogP contribution >= 0.6 is 0 Å². The molecular weight excluding hydrogens is 380 g/mol. The third-order valence-electron chi connectivity index (χ3n) is 5.18. The second-order valence-corrected chi connectivity index (χ2v) is 7.82. The van der Waals surface area contributed by atoms with Gasteiger partial charge < -0.3 is 10.6 Å². The van der Waals surface area contributed by atoms with Gasteiger partial charge in [0.15, 0.2) is 0 Å². The summed E-state index contributed by atoms with van der Waals surface area (Å²) in [4.78, 5) is 37.5. The maximum atomic E-state index is 12.8. The van der Waals surface area contributed by atoms with Crippen molar-refractivity contribution in [2.45, 2.75) is 45.6 Å². The van der Waals surface area contributed by atoms with E-state index < -0.39 is 0 Å². The number of rotatable bonds is 5. The number of nitrogens with zero attached hydrogens (tertiary/aromatic N) is 2. The number of hydrogen-bond acceptors (Lipinski definition) is 4. The molecule has 0 aromatic heterocycles. The van der Waals surface area contributed by atoms with Crippen molar-refractivity contribution >= 4 is 34.8 Å². The summed E-state index contributed by atoms with van der Waals surface area (Å²) >= 11 is 0. The normalized spacial score (nSPS) is 16.1. The number of hydrazone groups is 1. The molecule has 2 aliphatic rings. The van der Waals surface area contributed by atoms with Crippen molar-refractivity contribution in [3.63, 3.8) is 0 Å². The number of aryl methyl sites for hydroxylation is 2. The number of amides is 3. The number of carbonyl (C=O) groups is 3. The van der Waals surface area contributed by atoms with Gasteiger partial charge in [-0.05, 0) is 62.1 Å². The van der Waals surface area contributed by atoms with Crippen LogP contribution in [0.25, 0.3) is 0 Å². The summed E-state index contributed by atoms with van der Waals surface area (Å²) in [7, 11) is 0. The average Bonchev–Trinajstić information content (AvgIpc) is 3.54. The first-order valence-electron chi connectivity index (χ1n) is 10.1. The van der Waals surface area contributed by atoms with Crippen molar-refractivity contribution in [1.82, 2.24) is 5.32 Å². The Bertz CT molecular complexity index is 1060. The molecule has 0 unspecified atom stereocenters. The van der Waals surface area contributed by atoms with Crippen LogP contribution in [-0.4, -0.2) is 29.5 Å². The van der Waals surface area contributed by atoms with Crippen molar-refractivity contribution < 1.29 is 14.4 Å². The Morgan fingerprint density at radius 1 is 1.03 bits per heavy atom. The third-order valence-corrected chi connectivity index (χ3v) is 5.18. The van der Waals surface area contributed by atoms with E-state index in [0.29, 0.717) is 16.9 Å².